The number of hydrogen-bond acceptors (Lipinski definition) is 2. The van der Waals surface area contributed by atoms with Gasteiger partial charge in [-0.15, -0.1) is 0 Å². The summed E-state index contributed by atoms with van der Waals surface area (Å²) in [5, 5.41) is 10.4. The molecule has 3 nitrogen and oxygen atoms in total. The molecule has 1 aromatic carbocycles. The van der Waals surface area contributed by atoms with Gasteiger partial charge < -0.3 is 0 Å². The summed E-state index contributed by atoms with van der Waals surface area (Å²) in [6, 6.07) is 6.43. The van der Waals surface area contributed by atoms with Gasteiger partial charge in [0.25, 0.3) is 0 Å². The maximum Gasteiger partial charge on any atom is 0.0828 e. The molecule has 0 saturated heterocycles. The molecule has 0 aliphatic carbocycles. The number of aryl methyl sites for hydroxylation is 3. The average Bonchev–Trinajstić information content (AvgIpc) is 2.73. The highest BCUT2D eigenvalue weighted by molar-refractivity contribution is 9.10. The molecule has 15 heavy (non-hydrogen) atoms. The van der Waals surface area contributed by atoms with Crippen LogP contribution in [0.3, 0.4) is 0 Å². The number of benzene rings is 1. The minimum absolute atomic E-state index is 0.928. The molecular weight excluding hydrogens is 254 g/mol. The van der Waals surface area contributed by atoms with Gasteiger partial charge in [0.15, 0.2) is 0 Å². The largest absolute Gasteiger partial charge is 0.198 e. The number of nitrogens with zero attached hydrogens (tertiary/aromatic N) is 2. The second-order valence-corrected chi connectivity index (χ2v) is 4.40. The summed E-state index contributed by atoms with van der Waals surface area (Å²) in [5.41, 5.74) is 3.61. The fourth-order valence-corrected chi connectivity index (χ4v) is 1.73. The van der Waals surface area contributed by atoms with Crippen molar-refractivity contribution in [3.63, 3.8) is 0 Å². The van der Waals surface area contributed by atoms with E-state index in [1.54, 1.807) is 6.20 Å². The minimum Gasteiger partial charge on any atom is -0.198 e. The summed E-state index contributed by atoms with van der Waals surface area (Å²) in [4.78, 5) is 0. The lowest BCUT2D eigenvalue weighted by Gasteiger charge is -2.02. The van der Waals surface area contributed by atoms with Crippen LogP contribution in [0.25, 0.3) is 0 Å². The normalized spacial score (nSPS) is 10.5. The van der Waals surface area contributed by atoms with Crippen molar-refractivity contribution < 1.29 is 0 Å². The number of aromatic nitrogens is 3. The molecule has 0 saturated carbocycles. The van der Waals surface area contributed by atoms with E-state index in [0.717, 1.165) is 23.0 Å². The molecule has 0 radical (unpaired) electrons. The van der Waals surface area contributed by atoms with Gasteiger partial charge in [0.05, 0.1) is 11.9 Å². The Labute approximate surface area is 97.0 Å². The fraction of sp³-hybridized carbons (Fsp3) is 0.273. The van der Waals surface area contributed by atoms with Gasteiger partial charge in [-0.05, 0) is 37.0 Å². The molecule has 2 rings (SSSR count). The lowest BCUT2D eigenvalue weighted by Crippen LogP contribution is -1.92. The summed E-state index contributed by atoms with van der Waals surface area (Å²) >= 11 is 3.49. The van der Waals surface area contributed by atoms with E-state index in [0.29, 0.717) is 0 Å². The van der Waals surface area contributed by atoms with Gasteiger partial charge in [-0.25, -0.2) is 0 Å². The zero-order chi connectivity index (χ0) is 10.7. The van der Waals surface area contributed by atoms with Crippen molar-refractivity contribution in [2.75, 3.05) is 0 Å². The molecule has 1 N–H and O–H groups in total. The number of H-pyrrole nitrogens is 1. The third-order valence-corrected chi connectivity index (χ3v) is 3.25. The molecule has 0 fully saturated rings. The van der Waals surface area contributed by atoms with E-state index in [2.05, 4.69) is 56.5 Å². The zero-order valence-corrected chi connectivity index (χ0v) is 10.1. The fourth-order valence-electron chi connectivity index (χ4n) is 1.48. The monoisotopic (exact) mass is 265 g/mol. The maximum atomic E-state index is 4.03. The van der Waals surface area contributed by atoms with E-state index in [1.807, 2.05) is 0 Å². The molecule has 1 heterocycles. The van der Waals surface area contributed by atoms with Gasteiger partial charge in [0, 0.05) is 4.47 Å². The summed E-state index contributed by atoms with van der Waals surface area (Å²) < 4.78 is 1.16. The van der Waals surface area contributed by atoms with Gasteiger partial charge >= 0.3 is 0 Å². The molecule has 4 heteroatoms. The molecule has 0 unspecified atom stereocenters. The Balaban J connectivity index is 2.02. The molecule has 0 bridgehead atoms. The van der Waals surface area contributed by atoms with Gasteiger partial charge in [0.1, 0.15) is 0 Å². The van der Waals surface area contributed by atoms with Crippen LogP contribution in [0.5, 0.6) is 0 Å². The third-order valence-electron chi connectivity index (χ3n) is 2.36. The van der Waals surface area contributed by atoms with Crippen LogP contribution in [-0.2, 0) is 12.8 Å². The molecule has 0 spiro atoms. The lowest BCUT2D eigenvalue weighted by molar-refractivity contribution is 0.870. The Hall–Kier alpha value is -1.16. The quantitative estimate of drug-likeness (QED) is 0.927. The van der Waals surface area contributed by atoms with Crippen LogP contribution in [0, 0.1) is 6.92 Å². The molecular formula is C11H12BrN3. The van der Waals surface area contributed by atoms with E-state index in [9.17, 15) is 0 Å². The van der Waals surface area contributed by atoms with Gasteiger partial charge in [-0.1, -0.05) is 28.1 Å². The molecule has 2 aromatic rings. The van der Waals surface area contributed by atoms with Gasteiger partial charge in [0.2, 0.25) is 0 Å². The zero-order valence-electron chi connectivity index (χ0n) is 8.50. The van der Waals surface area contributed by atoms with E-state index in [1.165, 1.54) is 11.1 Å². The molecule has 0 amide bonds. The Bertz CT molecular complexity index is 437. The first kappa shape index (κ1) is 10.4. The van der Waals surface area contributed by atoms with Crippen LogP contribution < -0.4 is 0 Å². The minimum atomic E-state index is 0.928. The standard InChI is InChI=1S/C11H12BrN3/c1-8-6-9(3-5-11(8)12)2-4-10-7-13-15-14-10/h3,5-7H,2,4H2,1H3,(H,13,14,15). The van der Waals surface area contributed by atoms with Gasteiger partial charge in [-0.3, -0.25) is 0 Å². The highest BCUT2D eigenvalue weighted by Crippen LogP contribution is 2.17. The number of halogens is 1. The van der Waals surface area contributed by atoms with Crippen molar-refractivity contribution in [2.24, 2.45) is 0 Å². The Morgan fingerprint density at radius 1 is 1.33 bits per heavy atom. The Morgan fingerprint density at radius 2 is 2.20 bits per heavy atom. The number of nitrogens with one attached hydrogen (secondary N) is 1. The van der Waals surface area contributed by atoms with Gasteiger partial charge in [-0.2, -0.15) is 15.4 Å². The summed E-state index contributed by atoms with van der Waals surface area (Å²) in [7, 11) is 0. The second-order valence-electron chi connectivity index (χ2n) is 3.54. The van der Waals surface area contributed by atoms with Crippen molar-refractivity contribution in [1.82, 2.24) is 15.4 Å². The van der Waals surface area contributed by atoms with E-state index >= 15 is 0 Å². The van der Waals surface area contributed by atoms with Crippen molar-refractivity contribution in [3.05, 3.63) is 45.7 Å². The smallest absolute Gasteiger partial charge is 0.0828 e. The van der Waals surface area contributed by atoms with Crippen LogP contribution in [0.15, 0.2) is 28.9 Å². The van der Waals surface area contributed by atoms with E-state index in [-0.39, 0.29) is 0 Å². The van der Waals surface area contributed by atoms with Crippen molar-refractivity contribution in [3.8, 4) is 0 Å². The lowest BCUT2D eigenvalue weighted by atomic mass is 10.1. The first-order valence-corrected chi connectivity index (χ1v) is 5.64. The number of aromatic amines is 1. The molecule has 0 aliphatic rings. The highest BCUT2D eigenvalue weighted by atomic mass is 79.9. The van der Waals surface area contributed by atoms with Crippen LogP contribution in [-0.4, -0.2) is 15.4 Å². The van der Waals surface area contributed by atoms with Crippen molar-refractivity contribution in [2.45, 2.75) is 19.8 Å². The van der Waals surface area contributed by atoms with Crippen LogP contribution in [0.4, 0.5) is 0 Å². The van der Waals surface area contributed by atoms with Crippen LogP contribution in [0.1, 0.15) is 16.8 Å². The first-order chi connectivity index (χ1) is 7.25. The van der Waals surface area contributed by atoms with Crippen molar-refractivity contribution in [1.29, 1.82) is 0 Å². The summed E-state index contributed by atoms with van der Waals surface area (Å²) in [6.45, 7) is 2.10. The maximum absolute atomic E-state index is 4.03. The highest BCUT2D eigenvalue weighted by Gasteiger charge is 2.00. The average molecular weight is 266 g/mol. The Kier molecular flexibility index (Phi) is 3.16. The summed E-state index contributed by atoms with van der Waals surface area (Å²) in [5.74, 6) is 0. The first-order valence-electron chi connectivity index (χ1n) is 4.85. The molecule has 78 valence electrons. The van der Waals surface area contributed by atoms with E-state index in [4.69, 9.17) is 0 Å². The molecule has 0 atom stereocenters. The predicted molar refractivity (Wildman–Crippen MR) is 62.7 cm³/mol. The van der Waals surface area contributed by atoms with Crippen LogP contribution in [0.2, 0.25) is 0 Å². The Morgan fingerprint density at radius 3 is 2.87 bits per heavy atom. The second kappa shape index (κ2) is 4.57. The molecule has 0 aliphatic heterocycles. The topological polar surface area (TPSA) is 41.6 Å². The molecule has 1 aromatic heterocycles. The van der Waals surface area contributed by atoms with E-state index < -0.39 is 0 Å². The van der Waals surface area contributed by atoms with Crippen molar-refractivity contribution >= 4 is 15.9 Å². The SMILES string of the molecule is Cc1cc(CCc2cn[nH]n2)ccc1Br. The number of hydrogen-bond donors (Lipinski definition) is 1. The summed E-state index contributed by atoms with van der Waals surface area (Å²) in [6.07, 6.45) is 3.70. The third kappa shape index (κ3) is 2.65. The predicted octanol–water partition coefficient (Wildman–Crippen LogP) is 2.66. The number of rotatable bonds is 3. The van der Waals surface area contributed by atoms with Crippen LogP contribution >= 0.6 is 15.9 Å².